The summed E-state index contributed by atoms with van der Waals surface area (Å²) in [4.78, 5) is 4.91. The third-order valence-electron chi connectivity index (χ3n) is 3.64. The summed E-state index contributed by atoms with van der Waals surface area (Å²) in [5.41, 5.74) is 0. The average molecular weight is 296 g/mol. The molecule has 2 aromatic rings. The highest BCUT2D eigenvalue weighted by Gasteiger charge is 2.20. The van der Waals surface area contributed by atoms with Gasteiger partial charge < -0.3 is 4.90 Å². The minimum Gasteiger partial charge on any atom is -0.353 e. The van der Waals surface area contributed by atoms with Crippen LogP contribution in [0.1, 0.15) is 6.42 Å². The van der Waals surface area contributed by atoms with Crippen LogP contribution < -0.4 is 4.90 Å². The molecule has 0 radical (unpaired) electrons. The number of fused-ring (bicyclic) bond motifs is 1. The van der Waals surface area contributed by atoms with Crippen molar-refractivity contribution in [3.05, 3.63) is 24.3 Å². The smallest absolute Gasteiger partial charge is 0.150 e. The number of piperazine rings is 1. The standard InChI is InChI=1S/C14H18ClN3S/c15-6-3-7-17-8-10-18(11-9-17)14-12-4-1-2-5-13(12)19-16-14/h1-2,4-5H,3,6-11H2. The maximum Gasteiger partial charge on any atom is 0.150 e. The van der Waals surface area contributed by atoms with Crippen LogP contribution >= 0.6 is 23.1 Å². The summed E-state index contributed by atoms with van der Waals surface area (Å²) in [6.45, 7) is 5.48. The Morgan fingerprint density at radius 2 is 1.95 bits per heavy atom. The summed E-state index contributed by atoms with van der Waals surface area (Å²) in [6, 6.07) is 8.49. The minimum atomic E-state index is 0.761. The quantitative estimate of drug-likeness (QED) is 0.808. The summed E-state index contributed by atoms with van der Waals surface area (Å²) in [5, 5.41) is 1.29. The molecule has 0 N–H and O–H groups in total. The number of rotatable bonds is 4. The first-order chi connectivity index (χ1) is 9.38. The van der Waals surface area contributed by atoms with Gasteiger partial charge in [0.25, 0.3) is 0 Å². The highest BCUT2D eigenvalue weighted by molar-refractivity contribution is 7.13. The van der Waals surface area contributed by atoms with Gasteiger partial charge in [0.05, 0.1) is 4.70 Å². The van der Waals surface area contributed by atoms with Crippen molar-refractivity contribution in [2.45, 2.75) is 6.42 Å². The van der Waals surface area contributed by atoms with Crippen LogP contribution in [0.4, 0.5) is 5.82 Å². The molecule has 1 aromatic carbocycles. The topological polar surface area (TPSA) is 19.4 Å². The average Bonchev–Trinajstić information content (AvgIpc) is 2.90. The van der Waals surface area contributed by atoms with Crippen molar-refractivity contribution in [3.8, 4) is 0 Å². The minimum absolute atomic E-state index is 0.761. The molecule has 0 amide bonds. The van der Waals surface area contributed by atoms with Gasteiger partial charge in [-0.25, -0.2) is 0 Å². The van der Waals surface area contributed by atoms with Gasteiger partial charge in [0.2, 0.25) is 0 Å². The number of aromatic nitrogens is 1. The molecule has 1 aliphatic heterocycles. The van der Waals surface area contributed by atoms with Gasteiger partial charge in [-0.15, -0.1) is 11.6 Å². The van der Waals surface area contributed by atoms with Gasteiger partial charge >= 0.3 is 0 Å². The van der Waals surface area contributed by atoms with E-state index in [1.165, 1.54) is 10.1 Å². The fraction of sp³-hybridized carbons (Fsp3) is 0.500. The monoisotopic (exact) mass is 295 g/mol. The zero-order valence-electron chi connectivity index (χ0n) is 10.9. The lowest BCUT2D eigenvalue weighted by Crippen LogP contribution is -2.46. The Bertz CT molecular complexity index is 534. The van der Waals surface area contributed by atoms with Gasteiger partial charge in [0.1, 0.15) is 5.82 Å². The molecule has 0 atom stereocenters. The number of benzene rings is 1. The van der Waals surface area contributed by atoms with E-state index < -0.39 is 0 Å². The van der Waals surface area contributed by atoms with Crippen LogP contribution in [0, 0.1) is 0 Å². The molecule has 0 spiro atoms. The molecule has 1 aromatic heterocycles. The summed E-state index contributed by atoms with van der Waals surface area (Å²) >= 11 is 7.35. The molecule has 1 fully saturated rings. The van der Waals surface area contributed by atoms with Crippen molar-refractivity contribution < 1.29 is 0 Å². The first kappa shape index (κ1) is 13.2. The summed E-state index contributed by atoms with van der Waals surface area (Å²) in [7, 11) is 0. The number of anilines is 1. The van der Waals surface area contributed by atoms with Crippen LogP contribution in [-0.4, -0.2) is 47.9 Å². The molecule has 0 saturated carbocycles. The fourth-order valence-corrected chi connectivity index (χ4v) is 3.48. The molecule has 3 nitrogen and oxygen atoms in total. The zero-order chi connectivity index (χ0) is 13.1. The van der Waals surface area contributed by atoms with Gasteiger partial charge in [0, 0.05) is 37.4 Å². The highest BCUT2D eigenvalue weighted by atomic mass is 35.5. The van der Waals surface area contributed by atoms with Crippen molar-refractivity contribution in [1.82, 2.24) is 9.27 Å². The normalized spacial score (nSPS) is 17.2. The summed E-state index contributed by atoms with van der Waals surface area (Å²) < 4.78 is 5.91. The van der Waals surface area contributed by atoms with Gasteiger partial charge in [-0.05, 0) is 36.6 Å². The van der Waals surface area contributed by atoms with E-state index in [4.69, 9.17) is 11.6 Å². The van der Waals surface area contributed by atoms with Crippen molar-refractivity contribution in [2.24, 2.45) is 0 Å². The van der Waals surface area contributed by atoms with Crippen LogP contribution in [0.5, 0.6) is 0 Å². The van der Waals surface area contributed by atoms with Crippen LogP contribution in [0.2, 0.25) is 0 Å². The Hall–Kier alpha value is -0.840. The molecule has 0 aliphatic carbocycles. The fourth-order valence-electron chi connectivity index (χ4n) is 2.57. The molecule has 1 saturated heterocycles. The van der Waals surface area contributed by atoms with Crippen molar-refractivity contribution in [3.63, 3.8) is 0 Å². The summed E-state index contributed by atoms with van der Waals surface area (Å²) in [6.07, 6.45) is 1.08. The van der Waals surface area contributed by atoms with E-state index in [1.807, 2.05) is 0 Å². The number of hydrogen-bond donors (Lipinski definition) is 0. The Labute approximate surface area is 122 Å². The van der Waals surface area contributed by atoms with Crippen molar-refractivity contribution >= 4 is 39.0 Å². The van der Waals surface area contributed by atoms with Gasteiger partial charge in [-0.2, -0.15) is 4.37 Å². The van der Waals surface area contributed by atoms with Crippen LogP contribution in [0.15, 0.2) is 24.3 Å². The Balaban J connectivity index is 1.68. The number of hydrogen-bond acceptors (Lipinski definition) is 4. The second kappa shape index (κ2) is 6.07. The van der Waals surface area contributed by atoms with Gasteiger partial charge in [0.15, 0.2) is 0 Å². The lowest BCUT2D eigenvalue weighted by molar-refractivity contribution is 0.259. The second-order valence-corrected chi connectivity index (χ2v) is 6.06. The van der Waals surface area contributed by atoms with Crippen LogP contribution in [-0.2, 0) is 0 Å². The number of halogens is 1. The largest absolute Gasteiger partial charge is 0.353 e. The third-order valence-corrected chi connectivity index (χ3v) is 4.72. The molecule has 0 unspecified atom stereocenters. The maximum absolute atomic E-state index is 5.75. The van der Waals surface area contributed by atoms with E-state index in [1.54, 1.807) is 11.5 Å². The first-order valence-electron chi connectivity index (χ1n) is 6.76. The Kier molecular flexibility index (Phi) is 4.21. The molecule has 19 heavy (non-hydrogen) atoms. The third kappa shape index (κ3) is 2.86. The van der Waals surface area contributed by atoms with E-state index in [0.29, 0.717) is 0 Å². The lowest BCUT2D eigenvalue weighted by atomic mass is 10.2. The number of alkyl halides is 1. The second-order valence-electron chi connectivity index (χ2n) is 4.87. The molecule has 102 valence electrons. The SMILES string of the molecule is ClCCCN1CCN(c2nsc3ccccc23)CC1. The Morgan fingerprint density at radius 3 is 2.74 bits per heavy atom. The van der Waals surface area contributed by atoms with Crippen molar-refractivity contribution in [2.75, 3.05) is 43.5 Å². The van der Waals surface area contributed by atoms with E-state index in [0.717, 1.165) is 50.8 Å². The predicted molar refractivity (Wildman–Crippen MR) is 83.6 cm³/mol. The maximum atomic E-state index is 5.75. The van der Waals surface area contributed by atoms with Crippen LogP contribution in [0.3, 0.4) is 0 Å². The molecule has 2 heterocycles. The molecular formula is C14H18ClN3S. The van der Waals surface area contributed by atoms with Crippen molar-refractivity contribution in [1.29, 1.82) is 0 Å². The van der Waals surface area contributed by atoms with E-state index in [-0.39, 0.29) is 0 Å². The molecule has 1 aliphatic rings. The molecular weight excluding hydrogens is 278 g/mol. The predicted octanol–water partition coefficient (Wildman–Crippen LogP) is 3.05. The molecule has 3 rings (SSSR count). The van der Waals surface area contributed by atoms with Gasteiger partial charge in [-0.1, -0.05) is 12.1 Å². The summed E-state index contributed by atoms with van der Waals surface area (Å²) in [5.74, 6) is 1.93. The van der Waals surface area contributed by atoms with Gasteiger partial charge in [-0.3, -0.25) is 4.90 Å². The Morgan fingerprint density at radius 1 is 1.16 bits per heavy atom. The highest BCUT2D eigenvalue weighted by Crippen LogP contribution is 2.29. The zero-order valence-corrected chi connectivity index (χ0v) is 12.5. The number of nitrogens with zero attached hydrogens (tertiary/aromatic N) is 3. The molecule has 0 bridgehead atoms. The van der Waals surface area contributed by atoms with E-state index in [2.05, 4.69) is 38.4 Å². The molecule has 5 heteroatoms. The van der Waals surface area contributed by atoms with E-state index >= 15 is 0 Å². The van der Waals surface area contributed by atoms with E-state index in [9.17, 15) is 0 Å². The van der Waals surface area contributed by atoms with Crippen LogP contribution in [0.25, 0.3) is 10.1 Å². The lowest BCUT2D eigenvalue weighted by Gasteiger charge is -2.34. The first-order valence-corrected chi connectivity index (χ1v) is 8.07.